The fourth-order valence-corrected chi connectivity index (χ4v) is 1.70. The summed E-state index contributed by atoms with van der Waals surface area (Å²) in [6.45, 7) is 2.01. The van der Waals surface area contributed by atoms with Gasteiger partial charge < -0.3 is 16.4 Å². The highest BCUT2D eigenvalue weighted by Crippen LogP contribution is 2.02. The summed E-state index contributed by atoms with van der Waals surface area (Å²) in [6, 6.07) is 10.2. The van der Waals surface area contributed by atoms with E-state index in [2.05, 4.69) is 37.7 Å². The van der Waals surface area contributed by atoms with Gasteiger partial charge in [-0.3, -0.25) is 4.79 Å². The third-order valence-corrected chi connectivity index (χ3v) is 2.75. The molecule has 0 saturated heterocycles. The van der Waals surface area contributed by atoms with Gasteiger partial charge in [0.1, 0.15) is 0 Å². The molecule has 0 aliphatic carbocycles. The van der Waals surface area contributed by atoms with Crippen LogP contribution >= 0.6 is 0 Å². The Bertz CT molecular complexity index is 541. The lowest BCUT2D eigenvalue weighted by atomic mass is 10.1. The average Bonchev–Trinajstić information content (AvgIpc) is 2.90. The van der Waals surface area contributed by atoms with Gasteiger partial charge in [0.05, 0.1) is 0 Å². The van der Waals surface area contributed by atoms with Crippen molar-refractivity contribution in [3.8, 4) is 0 Å². The van der Waals surface area contributed by atoms with Crippen molar-refractivity contribution in [2.24, 2.45) is 0 Å². The van der Waals surface area contributed by atoms with Crippen LogP contribution in [0.5, 0.6) is 0 Å². The molecule has 0 radical (unpaired) electrons. The summed E-state index contributed by atoms with van der Waals surface area (Å²) in [6.07, 6.45) is 0.953. The molecule has 2 rings (SSSR count). The fourth-order valence-electron chi connectivity index (χ4n) is 1.70. The van der Waals surface area contributed by atoms with Crippen LogP contribution in [0.2, 0.25) is 0 Å². The second-order valence-electron chi connectivity index (χ2n) is 4.24. The molecule has 1 aromatic carbocycles. The van der Waals surface area contributed by atoms with Crippen LogP contribution in [0.15, 0.2) is 35.0 Å². The molecule has 106 valence electrons. The predicted octanol–water partition coefficient (Wildman–Crippen LogP) is 0.214. The number of hydrogen-bond donors (Lipinski definition) is 3. The molecule has 1 aromatic heterocycles. The number of aromatic nitrogens is 2. The van der Waals surface area contributed by atoms with E-state index in [9.17, 15) is 4.79 Å². The standard InChI is InChI=1S/C13H17N5O2/c14-12-11(17-20-18-12)13(19)16-9-8-15-7-6-10-4-2-1-3-5-10/h1-5,15H,6-9H2,(H2,14,18)(H,16,19). The maximum Gasteiger partial charge on any atom is 0.277 e. The van der Waals surface area contributed by atoms with Crippen molar-refractivity contribution < 1.29 is 9.42 Å². The van der Waals surface area contributed by atoms with E-state index in [4.69, 9.17) is 5.73 Å². The third-order valence-electron chi connectivity index (χ3n) is 2.75. The van der Waals surface area contributed by atoms with Gasteiger partial charge in [0, 0.05) is 13.1 Å². The van der Waals surface area contributed by atoms with Crippen molar-refractivity contribution in [1.82, 2.24) is 20.9 Å². The predicted molar refractivity (Wildman–Crippen MR) is 74.1 cm³/mol. The lowest BCUT2D eigenvalue weighted by molar-refractivity contribution is 0.0944. The summed E-state index contributed by atoms with van der Waals surface area (Å²) in [5.74, 6) is -0.381. The first-order chi connectivity index (χ1) is 9.77. The van der Waals surface area contributed by atoms with Gasteiger partial charge in [0.15, 0.2) is 0 Å². The largest absolute Gasteiger partial charge is 0.379 e. The maximum absolute atomic E-state index is 11.6. The zero-order chi connectivity index (χ0) is 14.2. The van der Waals surface area contributed by atoms with Gasteiger partial charge in [-0.2, -0.15) is 0 Å². The van der Waals surface area contributed by atoms with Crippen molar-refractivity contribution in [3.63, 3.8) is 0 Å². The number of carbonyl (C=O) groups is 1. The minimum Gasteiger partial charge on any atom is -0.379 e. The minimum atomic E-state index is -0.381. The summed E-state index contributed by atoms with van der Waals surface area (Å²) in [5.41, 5.74) is 6.72. The fraction of sp³-hybridized carbons (Fsp3) is 0.308. The van der Waals surface area contributed by atoms with Crippen molar-refractivity contribution >= 4 is 11.7 Å². The Labute approximate surface area is 116 Å². The monoisotopic (exact) mass is 275 g/mol. The molecule has 2 aromatic rings. The molecular weight excluding hydrogens is 258 g/mol. The Kier molecular flexibility index (Phi) is 5.08. The van der Waals surface area contributed by atoms with Crippen molar-refractivity contribution in [1.29, 1.82) is 0 Å². The molecule has 0 atom stereocenters. The van der Waals surface area contributed by atoms with Crippen molar-refractivity contribution in [2.75, 3.05) is 25.4 Å². The van der Waals surface area contributed by atoms with Gasteiger partial charge in [-0.1, -0.05) is 30.3 Å². The number of anilines is 1. The van der Waals surface area contributed by atoms with E-state index in [0.29, 0.717) is 13.1 Å². The molecule has 0 aliphatic heterocycles. The van der Waals surface area contributed by atoms with Crippen molar-refractivity contribution in [3.05, 3.63) is 41.6 Å². The van der Waals surface area contributed by atoms with Gasteiger partial charge >= 0.3 is 0 Å². The summed E-state index contributed by atoms with van der Waals surface area (Å²) < 4.78 is 4.36. The van der Waals surface area contributed by atoms with E-state index in [1.54, 1.807) is 0 Å². The Morgan fingerprint density at radius 2 is 1.95 bits per heavy atom. The van der Waals surface area contributed by atoms with Crippen LogP contribution in [-0.4, -0.2) is 35.9 Å². The van der Waals surface area contributed by atoms with Crippen LogP contribution < -0.4 is 16.4 Å². The molecule has 4 N–H and O–H groups in total. The zero-order valence-electron chi connectivity index (χ0n) is 11.0. The highest BCUT2D eigenvalue weighted by atomic mass is 16.6. The normalized spacial score (nSPS) is 10.4. The van der Waals surface area contributed by atoms with Crippen LogP contribution in [-0.2, 0) is 6.42 Å². The lowest BCUT2D eigenvalue weighted by Gasteiger charge is -2.05. The smallest absolute Gasteiger partial charge is 0.277 e. The van der Waals surface area contributed by atoms with Gasteiger partial charge in [-0.05, 0) is 28.8 Å². The third kappa shape index (κ3) is 4.06. The first kappa shape index (κ1) is 14.0. The quantitative estimate of drug-likeness (QED) is 0.624. The second kappa shape index (κ2) is 7.25. The number of nitrogen functional groups attached to an aromatic ring is 1. The number of nitrogens with zero attached hydrogens (tertiary/aromatic N) is 2. The van der Waals surface area contributed by atoms with Gasteiger partial charge in [-0.25, -0.2) is 4.63 Å². The summed E-state index contributed by atoms with van der Waals surface area (Å²) in [5, 5.41) is 12.7. The molecule has 0 saturated carbocycles. The Morgan fingerprint density at radius 3 is 2.65 bits per heavy atom. The molecule has 20 heavy (non-hydrogen) atoms. The van der Waals surface area contributed by atoms with Gasteiger partial charge in [0.2, 0.25) is 11.5 Å². The van der Waals surface area contributed by atoms with E-state index in [0.717, 1.165) is 13.0 Å². The number of hydrogen-bond acceptors (Lipinski definition) is 6. The molecule has 1 heterocycles. The average molecular weight is 275 g/mol. The molecule has 0 aliphatic rings. The number of nitrogens with two attached hydrogens (primary N) is 1. The molecule has 7 heteroatoms. The molecule has 0 fully saturated rings. The summed E-state index contributed by atoms with van der Waals surface area (Å²) >= 11 is 0. The second-order valence-corrected chi connectivity index (χ2v) is 4.24. The summed E-state index contributed by atoms with van der Waals surface area (Å²) in [7, 11) is 0. The number of amides is 1. The van der Waals surface area contributed by atoms with E-state index in [1.165, 1.54) is 5.56 Å². The van der Waals surface area contributed by atoms with Crippen molar-refractivity contribution in [2.45, 2.75) is 6.42 Å². The van der Waals surface area contributed by atoms with Gasteiger partial charge in [0.25, 0.3) is 5.91 Å². The molecule has 0 bridgehead atoms. The van der Waals surface area contributed by atoms with Crippen LogP contribution in [0.4, 0.5) is 5.82 Å². The molecule has 7 nitrogen and oxygen atoms in total. The number of carbonyl (C=O) groups excluding carboxylic acids is 1. The summed E-state index contributed by atoms with van der Waals surface area (Å²) in [4.78, 5) is 11.6. The maximum atomic E-state index is 11.6. The first-order valence-corrected chi connectivity index (χ1v) is 6.38. The van der Waals surface area contributed by atoms with Crippen LogP contribution in [0.25, 0.3) is 0 Å². The molecule has 0 spiro atoms. The lowest BCUT2D eigenvalue weighted by Crippen LogP contribution is -2.33. The Hall–Kier alpha value is -2.41. The highest BCUT2D eigenvalue weighted by molar-refractivity contribution is 5.95. The van der Waals surface area contributed by atoms with Crippen LogP contribution in [0.1, 0.15) is 16.1 Å². The molecular formula is C13H17N5O2. The van der Waals surface area contributed by atoms with Crippen LogP contribution in [0, 0.1) is 0 Å². The van der Waals surface area contributed by atoms with E-state index in [-0.39, 0.29) is 17.4 Å². The minimum absolute atomic E-state index is 0.000429. The topological polar surface area (TPSA) is 106 Å². The SMILES string of the molecule is Nc1nonc1C(=O)NCCNCCc1ccccc1. The number of benzene rings is 1. The number of rotatable bonds is 7. The van der Waals surface area contributed by atoms with E-state index >= 15 is 0 Å². The van der Waals surface area contributed by atoms with Gasteiger partial charge in [-0.15, -0.1) is 0 Å². The Morgan fingerprint density at radius 1 is 1.15 bits per heavy atom. The number of nitrogens with one attached hydrogen (secondary N) is 2. The molecule has 1 amide bonds. The highest BCUT2D eigenvalue weighted by Gasteiger charge is 2.14. The first-order valence-electron chi connectivity index (χ1n) is 6.38. The van der Waals surface area contributed by atoms with E-state index < -0.39 is 0 Å². The molecule has 0 unspecified atom stereocenters. The van der Waals surface area contributed by atoms with E-state index in [1.807, 2.05) is 18.2 Å². The van der Waals surface area contributed by atoms with Crippen LogP contribution in [0.3, 0.4) is 0 Å². The Balaban J connectivity index is 1.58. The zero-order valence-corrected chi connectivity index (χ0v) is 11.0.